The molecule has 1 atom stereocenters. The second-order valence-corrected chi connectivity index (χ2v) is 4.55. The summed E-state index contributed by atoms with van der Waals surface area (Å²) in [5.41, 5.74) is 7.72. The highest BCUT2D eigenvalue weighted by Crippen LogP contribution is 2.20. The van der Waals surface area contributed by atoms with E-state index < -0.39 is 0 Å². The summed E-state index contributed by atoms with van der Waals surface area (Å²) in [6.45, 7) is 4.98. The highest BCUT2D eigenvalue weighted by Gasteiger charge is 2.17. The van der Waals surface area contributed by atoms with Crippen LogP contribution in [-0.2, 0) is 11.3 Å². The van der Waals surface area contributed by atoms with Crippen LogP contribution >= 0.6 is 0 Å². The zero-order valence-corrected chi connectivity index (χ0v) is 11.6. The van der Waals surface area contributed by atoms with Crippen LogP contribution in [0.2, 0.25) is 0 Å². The van der Waals surface area contributed by atoms with Crippen LogP contribution in [-0.4, -0.2) is 31.1 Å². The second kappa shape index (κ2) is 6.40. The van der Waals surface area contributed by atoms with Gasteiger partial charge in [0.05, 0.1) is 12.7 Å². The van der Waals surface area contributed by atoms with Gasteiger partial charge in [-0.3, -0.25) is 4.90 Å². The molecule has 1 aromatic carbocycles. The summed E-state index contributed by atoms with van der Waals surface area (Å²) in [6.07, 6.45) is 1.06. The van der Waals surface area contributed by atoms with Gasteiger partial charge >= 0.3 is 5.97 Å². The molecule has 0 spiro atoms. The maximum atomic E-state index is 11.8. The quantitative estimate of drug-likeness (QED) is 0.643. The number of nitrogens with zero attached hydrogens (tertiary/aromatic N) is 1. The number of anilines is 1. The number of nitrogen functional groups attached to an aromatic ring is 1. The summed E-state index contributed by atoms with van der Waals surface area (Å²) in [5, 5.41) is 0. The van der Waals surface area contributed by atoms with Crippen LogP contribution in [0.4, 0.5) is 5.69 Å². The highest BCUT2D eigenvalue weighted by molar-refractivity contribution is 5.96. The maximum Gasteiger partial charge on any atom is 0.340 e. The van der Waals surface area contributed by atoms with Gasteiger partial charge in [0.15, 0.2) is 0 Å². The van der Waals surface area contributed by atoms with Gasteiger partial charge in [-0.1, -0.05) is 19.1 Å². The van der Waals surface area contributed by atoms with Crippen LogP contribution in [0, 0.1) is 0 Å². The molecule has 0 aliphatic heterocycles. The van der Waals surface area contributed by atoms with E-state index in [0.29, 0.717) is 23.8 Å². The lowest BCUT2D eigenvalue weighted by Crippen LogP contribution is -2.28. The van der Waals surface area contributed by atoms with E-state index in [1.165, 1.54) is 7.11 Å². The minimum Gasteiger partial charge on any atom is -0.465 e. The molecule has 100 valence electrons. The van der Waals surface area contributed by atoms with E-state index in [1.807, 2.05) is 19.2 Å². The summed E-state index contributed by atoms with van der Waals surface area (Å²) in [5.74, 6) is -0.374. The Labute approximate surface area is 109 Å². The first kappa shape index (κ1) is 14.5. The Bertz CT molecular complexity index is 418. The van der Waals surface area contributed by atoms with Crippen molar-refractivity contribution in [2.24, 2.45) is 0 Å². The molecule has 0 saturated heterocycles. The Kier molecular flexibility index (Phi) is 5.16. The molecule has 0 aromatic heterocycles. The zero-order chi connectivity index (χ0) is 13.7. The van der Waals surface area contributed by atoms with Crippen molar-refractivity contribution in [2.75, 3.05) is 19.9 Å². The Hall–Kier alpha value is -1.55. The van der Waals surface area contributed by atoms with Gasteiger partial charge in [0.25, 0.3) is 0 Å². The minimum atomic E-state index is -0.374. The standard InChI is InChI=1S/C14H22N2O2/c1-5-10(2)16(3)9-11-7-6-8-12(15)13(11)14(17)18-4/h6-8,10H,5,9,15H2,1-4H3. The number of hydrogen-bond donors (Lipinski definition) is 1. The Morgan fingerprint density at radius 1 is 1.50 bits per heavy atom. The predicted octanol–water partition coefficient (Wildman–Crippen LogP) is 2.29. The van der Waals surface area contributed by atoms with E-state index in [2.05, 4.69) is 18.7 Å². The molecule has 0 saturated carbocycles. The number of benzene rings is 1. The largest absolute Gasteiger partial charge is 0.465 e. The first-order valence-electron chi connectivity index (χ1n) is 6.17. The Morgan fingerprint density at radius 3 is 2.72 bits per heavy atom. The number of ether oxygens (including phenoxy) is 1. The molecule has 0 bridgehead atoms. The number of nitrogens with two attached hydrogens (primary N) is 1. The van der Waals surface area contributed by atoms with Gasteiger partial charge < -0.3 is 10.5 Å². The third-order valence-corrected chi connectivity index (χ3v) is 3.34. The summed E-state index contributed by atoms with van der Waals surface area (Å²) < 4.78 is 4.79. The molecule has 1 unspecified atom stereocenters. The van der Waals surface area contributed by atoms with Gasteiger partial charge in [-0.25, -0.2) is 4.79 Å². The molecular weight excluding hydrogens is 228 g/mol. The Balaban J connectivity index is 3.02. The molecular formula is C14H22N2O2. The Morgan fingerprint density at radius 2 is 2.17 bits per heavy atom. The molecule has 18 heavy (non-hydrogen) atoms. The number of methoxy groups -OCH3 is 1. The maximum absolute atomic E-state index is 11.8. The van der Waals surface area contributed by atoms with E-state index in [1.54, 1.807) is 6.07 Å². The van der Waals surface area contributed by atoms with E-state index in [-0.39, 0.29) is 5.97 Å². The van der Waals surface area contributed by atoms with Gasteiger partial charge in [0.1, 0.15) is 0 Å². The first-order valence-corrected chi connectivity index (χ1v) is 6.17. The van der Waals surface area contributed by atoms with Crippen molar-refractivity contribution in [2.45, 2.75) is 32.9 Å². The summed E-state index contributed by atoms with van der Waals surface area (Å²) in [4.78, 5) is 14.0. The molecule has 0 amide bonds. The van der Waals surface area contributed by atoms with Gasteiger partial charge in [0, 0.05) is 18.3 Å². The van der Waals surface area contributed by atoms with Gasteiger partial charge in [-0.05, 0) is 32.0 Å². The SMILES string of the molecule is CCC(C)N(C)Cc1cccc(N)c1C(=O)OC. The van der Waals surface area contributed by atoms with Crippen molar-refractivity contribution in [3.63, 3.8) is 0 Å². The molecule has 1 rings (SSSR count). The van der Waals surface area contributed by atoms with Crippen LogP contribution in [0.3, 0.4) is 0 Å². The summed E-state index contributed by atoms with van der Waals surface area (Å²) >= 11 is 0. The van der Waals surface area contributed by atoms with Gasteiger partial charge in [-0.15, -0.1) is 0 Å². The van der Waals surface area contributed by atoms with E-state index in [4.69, 9.17) is 10.5 Å². The van der Waals surface area contributed by atoms with Crippen LogP contribution in [0.5, 0.6) is 0 Å². The fraction of sp³-hybridized carbons (Fsp3) is 0.500. The fourth-order valence-corrected chi connectivity index (χ4v) is 1.84. The van der Waals surface area contributed by atoms with Crippen molar-refractivity contribution >= 4 is 11.7 Å². The fourth-order valence-electron chi connectivity index (χ4n) is 1.84. The zero-order valence-electron chi connectivity index (χ0n) is 11.6. The molecule has 1 aromatic rings. The van der Waals surface area contributed by atoms with E-state index >= 15 is 0 Å². The molecule has 0 fully saturated rings. The highest BCUT2D eigenvalue weighted by atomic mass is 16.5. The average molecular weight is 250 g/mol. The monoisotopic (exact) mass is 250 g/mol. The molecule has 0 aliphatic carbocycles. The smallest absolute Gasteiger partial charge is 0.340 e. The second-order valence-electron chi connectivity index (χ2n) is 4.55. The lowest BCUT2D eigenvalue weighted by Gasteiger charge is -2.24. The number of hydrogen-bond acceptors (Lipinski definition) is 4. The van der Waals surface area contributed by atoms with Crippen LogP contribution in [0.25, 0.3) is 0 Å². The summed E-state index contributed by atoms with van der Waals surface area (Å²) in [6, 6.07) is 5.96. The van der Waals surface area contributed by atoms with Crippen molar-refractivity contribution < 1.29 is 9.53 Å². The normalized spacial score (nSPS) is 12.5. The minimum absolute atomic E-state index is 0.374. The van der Waals surface area contributed by atoms with Gasteiger partial charge in [0.2, 0.25) is 0 Å². The summed E-state index contributed by atoms with van der Waals surface area (Å²) in [7, 11) is 3.41. The number of rotatable bonds is 5. The van der Waals surface area contributed by atoms with E-state index in [9.17, 15) is 4.79 Å². The molecule has 4 nitrogen and oxygen atoms in total. The molecule has 2 N–H and O–H groups in total. The van der Waals surface area contributed by atoms with Crippen LogP contribution in [0.15, 0.2) is 18.2 Å². The van der Waals surface area contributed by atoms with Crippen LogP contribution < -0.4 is 5.73 Å². The topological polar surface area (TPSA) is 55.6 Å². The third-order valence-electron chi connectivity index (χ3n) is 3.34. The lowest BCUT2D eigenvalue weighted by atomic mass is 10.0. The number of carbonyl (C=O) groups is 1. The molecule has 0 heterocycles. The predicted molar refractivity (Wildman–Crippen MR) is 73.4 cm³/mol. The van der Waals surface area contributed by atoms with Crippen LogP contribution in [0.1, 0.15) is 36.2 Å². The van der Waals surface area contributed by atoms with Crippen molar-refractivity contribution in [3.05, 3.63) is 29.3 Å². The molecule has 4 heteroatoms. The molecule has 0 aliphatic rings. The van der Waals surface area contributed by atoms with Gasteiger partial charge in [-0.2, -0.15) is 0 Å². The number of esters is 1. The average Bonchev–Trinajstić information content (AvgIpc) is 2.37. The molecule has 0 radical (unpaired) electrons. The van der Waals surface area contributed by atoms with E-state index in [0.717, 1.165) is 12.0 Å². The third kappa shape index (κ3) is 3.23. The lowest BCUT2D eigenvalue weighted by molar-refractivity contribution is 0.0599. The first-order chi connectivity index (χ1) is 8.51. The van der Waals surface area contributed by atoms with Crippen molar-refractivity contribution in [3.8, 4) is 0 Å². The number of carbonyl (C=O) groups excluding carboxylic acids is 1. The van der Waals surface area contributed by atoms with Crippen molar-refractivity contribution in [1.82, 2.24) is 4.90 Å². The van der Waals surface area contributed by atoms with Crippen molar-refractivity contribution in [1.29, 1.82) is 0 Å².